The van der Waals surface area contributed by atoms with E-state index in [-0.39, 0.29) is 5.97 Å². The second kappa shape index (κ2) is 8.31. The minimum Gasteiger partial charge on any atom is -0.462 e. The van der Waals surface area contributed by atoms with E-state index in [1.165, 1.54) is 11.3 Å². The lowest BCUT2D eigenvalue weighted by molar-refractivity contribution is 0.0523. The Balaban J connectivity index is 2.95. The molecule has 130 valence electrons. The highest BCUT2D eigenvalue weighted by Gasteiger charge is 2.25. The number of hydrogen-bond donors (Lipinski definition) is 0. The monoisotopic (exact) mass is 342 g/mol. The van der Waals surface area contributed by atoms with Crippen molar-refractivity contribution < 1.29 is 19.1 Å². The highest BCUT2D eigenvalue weighted by molar-refractivity contribution is 7.14. The highest BCUT2D eigenvalue weighted by Crippen LogP contribution is 2.27. The Bertz CT molecular complexity index is 534. The van der Waals surface area contributed by atoms with Gasteiger partial charge in [-0.3, -0.25) is 4.90 Å². The summed E-state index contributed by atoms with van der Waals surface area (Å²) in [5, 5.41) is 2.37. The summed E-state index contributed by atoms with van der Waals surface area (Å²) in [6.45, 7) is 8.72. The summed E-state index contributed by atoms with van der Waals surface area (Å²) in [4.78, 5) is 27.8. The van der Waals surface area contributed by atoms with Gasteiger partial charge in [0.2, 0.25) is 0 Å². The Morgan fingerprint density at radius 3 is 2.39 bits per heavy atom. The van der Waals surface area contributed by atoms with Crippen molar-refractivity contribution in [1.29, 1.82) is 0 Å². The van der Waals surface area contributed by atoms with Gasteiger partial charge in [-0.05, 0) is 47.9 Å². The fourth-order valence-corrected chi connectivity index (χ4v) is 2.60. The molecule has 0 spiro atoms. The third-order valence-corrected chi connectivity index (χ3v) is 3.70. The number of anilines is 1. The second-order valence-electron chi connectivity index (χ2n) is 6.33. The summed E-state index contributed by atoms with van der Waals surface area (Å²) in [7, 11) is 3.87. The fraction of sp³-hybridized carbons (Fsp3) is 0.625. The quantitative estimate of drug-likeness (QED) is 0.743. The van der Waals surface area contributed by atoms with E-state index in [0.29, 0.717) is 30.3 Å². The lowest BCUT2D eigenvalue weighted by Gasteiger charge is -2.27. The van der Waals surface area contributed by atoms with Crippen LogP contribution in [0.1, 0.15) is 38.1 Å². The van der Waals surface area contributed by atoms with Gasteiger partial charge < -0.3 is 14.4 Å². The molecule has 0 saturated carbocycles. The number of esters is 1. The van der Waals surface area contributed by atoms with E-state index in [2.05, 4.69) is 0 Å². The van der Waals surface area contributed by atoms with E-state index >= 15 is 0 Å². The average molecular weight is 342 g/mol. The van der Waals surface area contributed by atoms with Gasteiger partial charge in [0.25, 0.3) is 0 Å². The van der Waals surface area contributed by atoms with Crippen LogP contribution < -0.4 is 4.90 Å². The van der Waals surface area contributed by atoms with Crippen molar-refractivity contribution in [2.45, 2.75) is 33.3 Å². The topological polar surface area (TPSA) is 59.1 Å². The van der Waals surface area contributed by atoms with Crippen LogP contribution in [0.3, 0.4) is 0 Å². The lowest BCUT2D eigenvalue weighted by Crippen LogP contribution is -2.40. The molecule has 1 amide bonds. The first kappa shape index (κ1) is 19.4. The van der Waals surface area contributed by atoms with Crippen LogP contribution in [-0.4, -0.2) is 56.4 Å². The van der Waals surface area contributed by atoms with Gasteiger partial charge >= 0.3 is 12.1 Å². The zero-order valence-corrected chi connectivity index (χ0v) is 15.5. The summed E-state index contributed by atoms with van der Waals surface area (Å²) in [6, 6.07) is 1.67. The maximum Gasteiger partial charge on any atom is 0.415 e. The molecule has 0 fully saturated rings. The van der Waals surface area contributed by atoms with Crippen molar-refractivity contribution in [2.75, 3.05) is 38.7 Å². The Morgan fingerprint density at radius 1 is 1.22 bits per heavy atom. The molecular weight excluding hydrogens is 316 g/mol. The molecule has 0 atom stereocenters. The smallest absolute Gasteiger partial charge is 0.415 e. The summed E-state index contributed by atoms with van der Waals surface area (Å²) in [5.41, 5.74) is -0.125. The van der Waals surface area contributed by atoms with E-state index in [9.17, 15) is 9.59 Å². The van der Waals surface area contributed by atoms with Crippen LogP contribution in [0.4, 0.5) is 9.80 Å². The SMILES string of the molecule is CCOC(=O)c1csc(N(CCN(C)C)C(=O)OC(C)(C)C)c1. The molecule has 0 radical (unpaired) electrons. The molecule has 1 rings (SSSR count). The van der Waals surface area contributed by atoms with Crippen LogP contribution in [0.2, 0.25) is 0 Å². The first-order chi connectivity index (χ1) is 10.6. The van der Waals surface area contributed by atoms with Crippen molar-refractivity contribution in [2.24, 2.45) is 0 Å². The molecule has 1 heterocycles. The molecule has 0 bridgehead atoms. The standard InChI is InChI=1S/C16H26N2O4S/c1-7-21-14(19)12-10-13(23-11-12)18(9-8-17(5)6)15(20)22-16(2,3)4/h10-11H,7-9H2,1-6H3. The summed E-state index contributed by atoms with van der Waals surface area (Å²) >= 11 is 1.32. The third-order valence-electron chi connectivity index (χ3n) is 2.75. The molecule has 0 unspecified atom stereocenters. The molecule has 1 aromatic rings. The molecule has 7 heteroatoms. The van der Waals surface area contributed by atoms with E-state index < -0.39 is 11.7 Å². The molecule has 0 N–H and O–H groups in total. The molecule has 1 aromatic heterocycles. The first-order valence-electron chi connectivity index (χ1n) is 7.55. The van der Waals surface area contributed by atoms with Crippen molar-refractivity contribution >= 4 is 28.4 Å². The van der Waals surface area contributed by atoms with Gasteiger partial charge in [0.1, 0.15) is 10.6 Å². The number of thiophene rings is 1. The molecular formula is C16H26N2O4S. The fourth-order valence-electron chi connectivity index (χ4n) is 1.70. The maximum atomic E-state index is 12.5. The van der Waals surface area contributed by atoms with Crippen molar-refractivity contribution in [3.63, 3.8) is 0 Å². The number of hydrogen-bond acceptors (Lipinski definition) is 6. The van der Waals surface area contributed by atoms with Gasteiger partial charge in [-0.2, -0.15) is 0 Å². The predicted molar refractivity (Wildman–Crippen MR) is 92.4 cm³/mol. The Morgan fingerprint density at radius 2 is 1.87 bits per heavy atom. The Hall–Kier alpha value is -1.60. The van der Waals surface area contributed by atoms with Crippen molar-refractivity contribution in [3.8, 4) is 0 Å². The highest BCUT2D eigenvalue weighted by atomic mass is 32.1. The van der Waals surface area contributed by atoms with Gasteiger partial charge in [0.15, 0.2) is 0 Å². The van der Waals surface area contributed by atoms with Crippen molar-refractivity contribution in [3.05, 3.63) is 17.0 Å². The van der Waals surface area contributed by atoms with Crippen LogP contribution in [0, 0.1) is 0 Å². The number of nitrogens with zero attached hydrogens (tertiary/aromatic N) is 2. The lowest BCUT2D eigenvalue weighted by atomic mass is 10.2. The van der Waals surface area contributed by atoms with E-state index in [4.69, 9.17) is 9.47 Å². The van der Waals surface area contributed by atoms with Crippen LogP contribution >= 0.6 is 11.3 Å². The zero-order valence-electron chi connectivity index (χ0n) is 14.7. The van der Waals surface area contributed by atoms with E-state index in [1.807, 2.05) is 39.8 Å². The summed E-state index contributed by atoms with van der Waals surface area (Å²) in [5.74, 6) is -0.383. The summed E-state index contributed by atoms with van der Waals surface area (Å²) < 4.78 is 10.4. The number of likely N-dealkylation sites (N-methyl/N-ethyl adjacent to an activating group) is 1. The van der Waals surface area contributed by atoms with Crippen LogP contribution in [0.25, 0.3) is 0 Å². The first-order valence-corrected chi connectivity index (χ1v) is 8.43. The molecule has 23 heavy (non-hydrogen) atoms. The largest absolute Gasteiger partial charge is 0.462 e. The number of carbonyl (C=O) groups excluding carboxylic acids is 2. The summed E-state index contributed by atoms with van der Waals surface area (Å²) in [6.07, 6.45) is -0.420. The van der Waals surface area contributed by atoms with Gasteiger partial charge in [-0.25, -0.2) is 9.59 Å². The van der Waals surface area contributed by atoms with Gasteiger partial charge in [0, 0.05) is 18.5 Å². The second-order valence-corrected chi connectivity index (χ2v) is 7.22. The molecule has 0 aliphatic rings. The average Bonchev–Trinajstić information content (AvgIpc) is 2.86. The van der Waals surface area contributed by atoms with E-state index in [1.54, 1.807) is 23.3 Å². The molecule has 6 nitrogen and oxygen atoms in total. The Kier molecular flexibility index (Phi) is 7.02. The van der Waals surface area contributed by atoms with Crippen LogP contribution in [0.15, 0.2) is 11.4 Å². The van der Waals surface area contributed by atoms with Crippen LogP contribution in [0.5, 0.6) is 0 Å². The zero-order chi connectivity index (χ0) is 17.6. The minimum atomic E-state index is -0.575. The van der Waals surface area contributed by atoms with Gasteiger partial charge in [0.05, 0.1) is 12.2 Å². The number of rotatable bonds is 6. The third kappa shape index (κ3) is 6.58. The van der Waals surface area contributed by atoms with Gasteiger partial charge in [-0.15, -0.1) is 11.3 Å². The van der Waals surface area contributed by atoms with E-state index in [0.717, 1.165) is 0 Å². The van der Waals surface area contributed by atoms with Gasteiger partial charge in [-0.1, -0.05) is 0 Å². The number of amides is 1. The molecule has 0 aliphatic heterocycles. The molecule has 0 saturated heterocycles. The predicted octanol–water partition coefficient (Wildman–Crippen LogP) is 3.23. The number of carbonyl (C=O) groups is 2. The normalized spacial score (nSPS) is 11.4. The maximum absolute atomic E-state index is 12.5. The van der Waals surface area contributed by atoms with Crippen LogP contribution in [-0.2, 0) is 9.47 Å². The molecule has 0 aromatic carbocycles. The Labute approximate surface area is 142 Å². The van der Waals surface area contributed by atoms with Crippen molar-refractivity contribution in [1.82, 2.24) is 4.90 Å². The minimum absolute atomic E-state index is 0.320. The number of ether oxygens (including phenoxy) is 2. The molecule has 0 aliphatic carbocycles.